The number of aliphatic hydroxyl groups excluding tert-OH is 1. The van der Waals surface area contributed by atoms with Crippen molar-refractivity contribution in [3.05, 3.63) is 94.5 Å². The third-order valence-electron chi connectivity index (χ3n) is 4.41. The Morgan fingerprint density at radius 3 is 2.43 bits per heavy atom. The van der Waals surface area contributed by atoms with Crippen molar-refractivity contribution in [2.24, 2.45) is 0 Å². The van der Waals surface area contributed by atoms with Gasteiger partial charge in [-0.25, -0.2) is 0 Å². The van der Waals surface area contributed by atoms with Gasteiger partial charge in [0.25, 0.3) is 0 Å². The smallest absolute Gasteiger partial charge is 0.166 e. The molecule has 0 bridgehead atoms. The van der Waals surface area contributed by atoms with E-state index in [2.05, 4.69) is 5.32 Å². The van der Waals surface area contributed by atoms with Crippen LogP contribution in [-0.4, -0.2) is 18.8 Å². The largest absolute Gasteiger partial charge is 0.493 e. The van der Waals surface area contributed by atoms with Gasteiger partial charge in [-0.15, -0.1) is 0 Å². The number of para-hydroxylation sites is 1. The molecule has 1 atom stereocenters. The zero-order valence-corrected chi connectivity index (χ0v) is 16.5. The molecule has 0 aliphatic heterocycles. The Kier molecular flexibility index (Phi) is 7.31. The average molecular weight is 398 g/mol. The maximum atomic E-state index is 10.3. The SMILES string of the molecule is COc1cccc(CNCC(O)c2ccccc2)c1OCc1ccc(Cl)cc1. The number of ether oxygens (including phenoxy) is 2. The quantitative estimate of drug-likeness (QED) is 0.547. The summed E-state index contributed by atoms with van der Waals surface area (Å²) in [6, 6.07) is 23.0. The number of rotatable bonds is 9. The Balaban J connectivity index is 1.64. The highest BCUT2D eigenvalue weighted by atomic mass is 35.5. The third-order valence-corrected chi connectivity index (χ3v) is 4.67. The Morgan fingerprint density at radius 1 is 0.964 bits per heavy atom. The van der Waals surface area contributed by atoms with Crippen LogP contribution in [0.5, 0.6) is 11.5 Å². The second kappa shape index (κ2) is 10.1. The van der Waals surface area contributed by atoms with E-state index in [4.69, 9.17) is 21.1 Å². The van der Waals surface area contributed by atoms with Crippen molar-refractivity contribution < 1.29 is 14.6 Å². The number of benzene rings is 3. The van der Waals surface area contributed by atoms with Gasteiger partial charge in [-0.3, -0.25) is 0 Å². The monoisotopic (exact) mass is 397 g/mol. The van der Waals surface area contributed by atoms with Gasteiger partial charge in [-0.2, -0.15) is 0 Å². The lowest BCUT2D eigenvalue weighted by molar-refractivity contribution is 0.174. The summed E-state index contributed by atoms with van der Waals surface area (Å²) in [5.41, 5.74) is 2.88. The molecule has 0 spiro atoms. The first-order valence-corrected chi connectivity index (χ1v) is 9.52. The molecular formula is C23H24ClNO3. The van der Waals surface area contributed by atoms with Crippen LogP contribution in [0.3, 0.4) is 0 Å². The third kappa shape index (κ3) is 5.49. The van der Waals surface area contributed by atoms with Crippen molar-refractivity contribution in [1.29, 1.82) is 0 Å². The Morgan fingerprint density at radius 2 is 1.71 bits per heavy atom. The van der Waals surface area contributed by atoms with E-state index >= 15 is 0 Å². The number of nitrogens with one attached hydrogen (secondary N) is 1. The fourth-order valence-electron chi connectivity index (χ4n) is 2.90. The molecule has 146 valence electrons. The molecule has 0 heterocycles. The first kappa shape index (κ1) is 20.2. The average Bonchev–Trinajstić information content (AvgIpc) is 2.74. The van der Waals surface area contributed by atoms with Crippen molar-refractivity contribution in [2.45, 2.75) is 19.3 Å². The molecule has 3 rings (SSSR count). The molecule has 3 aromatic carbocycles. The molecule has 0 aliphatic rings. The summed E-state index contributed by atoms with van der Waals surface area (Å²) < 4.78 is 11.5. The van der Waals surface area contributed by atoms with E-state index in [1.807, 2.05) is 72.8 Å². The highest BCUT2D eigenvalue weighted by Gasteiger charge is 2.12. The van der Waals surface area contributed by atoms with Crippen molar-refractivity contribution >= 4 is 11.6 Å². The number of hydrogen-bond donors (Lipinski definition) is 2. The fourth-order valence-corrected chi connectivity index (χ4v) is 3.02. The van der Waals surface area contributed by atoms with Gasteiger partial charge in [-0.1, -0.05) is 66.2 Å². The molecule has 3 aromatic rings. The summed E-state index contributed by atoms with van der Waals surface area (Å²) >= 11 is 5.94. The van der Waals surface area contributed by atoms with Gasteiger partial charge < -0.3 is 19.9 Å². The molecule has 0 saturated carbocycles. The van der Waals surface area contributed by atoms with Crippen LogP contribution in [0.2, 0.25) is 5.02 Å². The minimum Gasteiger partial charge on any atom is -0.493 e. The van der Waals surface area contributed by atoms with Gasteiger partial charge in [0.1, 0.15) is 6.61 Å². The van der Waals surface area contributed by atoms with Crippen LogP contribution in [0.4, 0.5) is 0 Å². The lowest BCUT2D eigenvalue weighted by Crippen LogP contribution is -2.21. The summed E-state index contributed by atoms with van der Waals surface area (Å²) in [7, 11) is 1.63. The highest BCUT2D eigenvalue weighted by Crippen LogP contribution is 2.32. The van der Waals surface area contributed by atoms with Gasteiger partial charge in [-0.05, 0) is 29.3 Å². The lowest BCUT2D eigenvalue weighted by atomic mass is 10.1. The van der Waals surface area contributed by atoms with Crippen LogP contribution < -0.4 is 14.8 Å². The molecule has 0 fully saturated rings. The predicted octanol–water partition coefficient (Wildman–Crippen LogP) is 4.75. The van der Waals surface area contributed by atoms with E-state index < -0.39 is 6.10 Å². The van der Waals surface area contributed by atoms with Crippen LogP contribution in [0.1, 0.15) is 22.8 Å². The van der Waals surface area contributed by atoms with Gasteiger partial charge in [0, 0.05) is 23.7 Å². The van der Waals surface area contributed by atoms with Crippen molar-refractivity contribution in [2.75, 3.05) is 13.7 Å². The van der Waals surface area contributed by atoms with E-state index in [0.29, 0.717) is 36.2 Å². The van der Waals surface area contributed by atoms with Crippen LogP contribution in [0.15, 0.2) is 72.8 Å². The van der Waals surface area contributed by atoms with Crippen molar-refractivity contribution in [3.63, 3.8) is 0 Å². The van der Waals surface area contributed by atoms with Gasteiger partial charge in [0.15, 0.2) is 11.5 Å². The normalized spacial score (nSPS) is 11.8. The minimum atomic E-state index is -0.565. The Labute approximate surface area is 170 Å². The Hall–Kier alpha value is -2.53. The molecule has 2 N–H and O–H groups in total. The summed E-state index contributed by atoms with van der Waals surface area (Å²) in [4.78, 5) is 0. The van der Waals surface area contributed by atoms with Crippen molar-refractivity contribution in [1.82, 2.24) is 5.32 Å². The number of halogens is 1. The van der Waals surface area contributed by atoms with E-state index in [9.17, 15) is 5.11 Å². The molecule has 0 amide bonds. The van der Waals surface area contributed by atoms with E-state index in [-0.39, 0.29) is 0 Å². The molecule has 0 saturated heterocycles. The number of hydrogen-bond acceptors (Lipinski definition) is 4. The predicted molar refractivity (Wildman–Crippen MR) is 112 cm³/mol. The van der Waals surface area contributed by atoms with E-state index in [1.165, 1.54) is 0 Å². The summed E-state index contributed by atoms with van der Waals surface area (Å²) in [6.45, 7) is 1.41. The first-order valence-electron chi connectivity index (χ1n) is 9.14. The Bertz CT molecular complexity index is 869. The van der Waals surface area contributed by atoms with Gasteiger partial charge in [0.2, 0.25) is 0 Å². The molecular weight excluding hydrogens is 374 g/mol. The maximum absolute atomic E-state index is 10.3. The zero-order chi connectivity index (χ0) is 19.8. The first-order chi connectivity index (χ1) is 13.7. The van der Waals surface area contributed by atoms with Crippen LogP contribution in [0.25, 0.3) is 0 Å². The highest BCUT2D eigenvalue weighted by molar-refractivity contribution is 6.30. The van der Waals surface area contributed by atoms with E-state index in [1.54, 1.807) is 7.11 Å². The summed E-state index contributed by atoms with van der Waals surface area (Å²) in [5, 5.41) is 14.3. The number of methoxy groups -OCH3 is 1. The van der Waals surface area contributed by atoms with Gasteiger partial charge >= 0.3 is 0 Å². The van der Waals surface area contributed by atoms with Crippen molar-refractivity contribution in [3.8, 4) is 11.5 Å². The van der Waals surface area contributed by atoms with Crippen LogP contribution in [0, 0.1) is 0 Å². The molecule has 4 nitrogen and oxygen atoms in total. The molecule has 0 radical (unpaired) electrons. The summed E-state index contributed by atoms with van der Waals surface area (Å²) in [5.74, 6) is 1.37. The fraction of sp³-hybridized carbons (Fsp3) is 0.217. The molecule has 0 aromatic heterocycles. The second-order valence-corrected chi connectivity index (χ2v) is 6.86. The van der Waals surface area contributed by atoms with Gasteiger partial charge in [0.05, 0.1) is 13.2 Å². The topological polar surface area (TPSA) is 50.7 Å². The molecule has 28 heavy (non-hydrogen) atoms. The van der Waals surface area contributed by atoms with Crippen LogP contribution in [-0.2, 0) is 13.2 Å². The standard InChI is InChI=1S/C23H24ClNO3/c1-27-22-9-5-8-19(14-25-15-21(26)18-6-3-2-4-7-18)23(22)28-16-17-10-12-20(24)13-11-17/h2-13,21,25-26H,14-16H2,1H3. The molecule has 5 heteroatoms. The zero-order valence-electron chi connectivity index (χ0n) is 15.8. The van der Waals surface area contributed by atoms with E-state index in [0.717, 1.165) is 16.7 Å². The lowest BCUT2D eigenvalue weighted by Gasteiger charge is -2.17. The van der Waals surface area contributed by atoms with Crippen LogP contribution >= 0.6 is 11.6 Å². The summed E-state index contributed by atoms with van der Waals surface area (Å²) in [6.07, 6.45) is -0.565. The minimum absolute atomic E-state index is 0.414. The second-order valence-electron chi connectivity index (χ2n) is 6.42. The molecule has 1 unspecified atom stereocenters. The molecule has 0 aliphatic carbocycles. The number of aliphatic hydroxyl groups is 1. The maximum Gasteiger partial charge on any atom is 0.166 e.